The van der Waals surface area contributed by atoms with E-state index in [0.29, 0.717) is 6.42 Å². The van der Waals surface area contributed by atoms with Crippen molar-refractivity contribution in [3.63, 3.8) is 0 Å². The van der Waals surface area contributed by atoms with Gasteiger partial charge in [-0.05, 0) is 36.1 Å². The smallest absolute Gasteiger partial charge is 0.308 e. The normalized spacial score (nSPS) is 12.6. The van der Waals surface area contributed by atoms with Crippen molar-refractivity contribution in [2.45, 2.75) is 20.3 Å². The molecule has 0 saturated heterocycles. The number of hydrogen-bond acceptors (Lipinski definition) is 2. The van der Waals surface area contributed by atoms with Gasteiger partial charge in [-0.2, -0.15) is 0 Å². The summed E-state index contributed by atoms with van der Waals surface area (Å²) in [6, 6.07) is 7.54. The second-order valence-electron chi connectivity index (χ2n) is 5.29. The monoisotopic (exact) mass is 353 g/mol. The first kappa shape index (κ1) is 17.4. The van der Waals surface area contributed by atoms with Gasteiger partial charge in [-0.3, -0.25) is 9.59 Å². The number of carbonyl (C=O) groups excluding carboxylic acids is 1. The van der Waals surface area contributed by atoms with Crippen LogP contribution in [0.15, 0.2) is 34.8 Å². The van der Waals surface area contributed by atoms with E-state index in [-0.39, 0.29) is 18.4 Å². The molecule has 1 aromatic rings. The van der Waals surface area contributed by atoms with Crippen molar-refractivity contribution >= 4 is 33.9 Å². The van der Waals surface area contributed by atoms with Gasteiger partial charge in [0.25, 0.3) is 0 Å². The van der Waals surface area contributed by atoms with Crippen molar-refractivity contribution in [1.29, 1.82) is 0 Å². The summed E-state index contributed by atoms with van der Waals surface area (Å²) >= 11 is 3.34. The highest BCUT2D eigenvalue weighted by molar-refractivity contribution is 9.10. The van der Waals surface area contributed by atoms with Crippen molar-refractivity contribution in [3.8, 4) is 0 Å². The van der Waals surface area contributed by atoms with E-state index in [4.69, 9.17) is 5.11 Å². The molecule has 0 aliphatic carbocycles. The molecule has 0 heterocycles. The fourth-order valence-corrected chi connectivity index (χ4v) is 2.13. The van der Waals surface area contributed by atoms with Gasteiger partial charge in [0.15, 0.2) is 0 Å². The van der Waals surface area contributed by atoms with Crippen LogP contribution in [0.25, 0.3) is 6.08 Å². The molecule has 0 saturated carbocycles. The molecule has 0 radical (unpaired) electrons. The van der Waals surface area contributed by atoms with Gasteiger partial charge in [0, 0.05) is 17.1 Å². The third-order valence-corrected chi connectivity index (χ3v) is 3.45. The Balaban J connectivity index is 2.49. The van der Waals surface area contributed by atoms with Gasteiger partial charge >= 0.3 is 5.97 Å². The lowest BCUT2D eigenvalue weighted by molar-refractivity contribution is -0.142. The van der Waals surface area contributed by atoms with Gasteiger partial charge in [-0.25, -0.2) is 0 Å². The number of carboxylic acid groups (broad SMARTS) is 1. The minimum Gasteiger partial charge on any atom is -0.481 e. The number of benzene rings is 1. The van der Waals surface area contributed by atoms with Crippen LogP contribution in [0.3, 0.4) is 0 Å². The zero-order valence-electron chi connectivity index (χ0n) is 12.2. The summed E-state index contributed by atoms with van der Waals surface area (Å²) in [6.07, 6.45) is 3.66. The van der Waals surface area contributed by atoms with Gasteiger partial charge in [0.1, 0.15) is 0 Å². The van der Waals surface area contributed by atoms with Crippen molar-refractivity contribution in [3.05, 3.63) is 40.4 Å². The lowest BCUT2D eigenvalue weighted by Crippen LogP contribution is -2.32. The lowest BCUT2D eigenvalue weighted by atomic mass is 9.97. The van der Waals surface area contributed by atoms with E-state index in [9.17, 15) is 9.59 Å². The summed E-state index contributed by atoms with van der Waals surface area (Å²) in [6.45, 7) is 4.08. The molecular weight excluding hydrogens is 334 g/mol. The zero-order valence-corrected chi connectivity index (χ0v) is 13.8. The van der Waals surface area contributed by atoms with Crippen LogP contribution in [0.1, 0.15) is 25.8 Å². The molecule has 2 N–H and O–H groups in total. The zero-order chi connectivity index (χ0) is 15.8. The predicted molar refractivity (Wildman–Crippen MR) is 86.8 cm³/mol. The van der Waals surface area contributed by atoms with Crippen LogP contribution in [0.4, 0.5) is 0 Å². The molecule has 1 rings (SSSR count). The number of rotatable bonds is 7. The Bertz CT molecular complexity index is 509. The Morgan fingerprint density at radius 2 is 1.90 bits per heavy atom. The number of carbonyl (C=O) groups is 2. The highest BCUT2D eigenvalue weighted by Crippen LogP contribution is 2.12. The number of halogens is 1. The number of hydrogen-bond donors (Lipinski definition) is 2. The van der Waals surface area contributed by atoms with Crippen LogP contribution >= 0.6 is 15.9 Å². The first-order valence-electron chi connectivity index (χ1n) is 6.82. The molecule has 114 valence electrons. The fraction of sp³-hybridized carbons (Fsp3) is 0.375. The average Bonchev–Trinajstić information content (AvgIpc) is 2.42. The van der Waals surface area contributed by atoms with Gasteiger partial charge in [0.2, 0.25) is 5.91 Å². The maximum Gasteiger partial charge on any atom is 0.308 e. The summed E-state index contributed by atoms with van der Waals surface area (Å²) in [7, 11) is 0. The summed E-state index contributed by atoms with van der Waals surface area (Å²) in [5.74, 6) is -1.43. The van der Waals surface area contributed by atoms with E-state index in [1.165, 1.54) is 6.08 Å². The molecule has 0 aromatic heterocycles. The van der Waals surface area contributed by atoms with Crippen LogP contribution in [0, 0.1) is 11.8 Å². The van der Waals surface area contributed by atoms with Crippen molar-refractivity contribution < 1.29 is 14.7 Å². The predicted octanol–water partition coefficient (Wildman–Crippen LogP) is 3.33. The average molecular weight is 354 g/mol. The van der Waals surface area contributed by atoms with Crippen LogP contribution in [0.2, 0.25) is 0 Å². The largest absolute Gasteiger partial charge is 0.481 e. The van der Waals surface area contributed by atoms with Crippen molar-refractivity contribution in [2.24, 2.45) is 11.8 Å². The van der Waals surface area contributed by atoms with Gasteiger partial charge in [-0.15, -0.1) is 0 Å². The van der Waals surface area contributed by atoms with E-state index in [0.717, 1.165) is 10.0 Å². The van der Waals surface area contributed by atoms with Crippen LogP contribution in [-0.4, -0.2) is 23.5 Å². The summed E-state index contributed by atoms with van der Waals surface area (Å²) in [4.78, 5) is 22.8. The van der Waals surface area contributed by atoms with Crippen LogP contribution in [0.5, 0.6) is 0 Å². The summed E-state index contributed by atoms with van der Waals surface area (Å²) < 4.78 is 0.974. The molecule has 1 unspecified atom stereocenters. The first-order chi connectivity index (χ1) is 9.88. The van der Waals surface area contributed by atoms with Crippen LogP contribution in [-0.2, 0) is 9.59 Å². The summed E-state index contributed by atoms with van der Waals surface area (Å²) in [5, 5.41) is 11.7. The molecule has 1 aromatic carbocycles. The maximum atomic E-state index is 11.7. The highest BCUT2D eigenvalue weighted by Gasteiger charge is 2.19. The molecule has 21 heavy (non-hydrogen) atoms. The second-order valence-corrected chi connectivity index (χ2v) is 6.21. The molecule has 0 aliphatic rings. The van der Waals surface area contributed by atoms with E-state index < -0.39 is 11.9 Å². The van der Waals surface area contributed by atoms with Gasteiger partial charge in [0.05, 0.1) is 5.92 Å². The Labute approximate surface area is 133 Å². The Morgan fingerprint density at radius 1 is 1.29 bits per heavy atom. The Hall–Kier alpha value is -1.62. The topological polar surface area (TPSA) is 66.4 Å². The van der Waals surface area contributed by atoms with Crippen molar-refractivity contribution in [1.82, 2.24) is 5.32 Å². The van der Waals surface area contributed by atoms with E-state index >= 15 is 0 Å². The molecule has 1 atom stereocenters. The number of aliphatic carboxylic acids is 1. The third-order valence-electron chi connectivity index (χ3n) is 2.93. The minimum absolute atomic E-state index is 0.150. The van der Waals surface area contributed by atoms with E-state index in [2.05, 4.69) is 21.2 Å². The minimum atomic E-state index is -0.874. The number of nitrogens with one attached hydrogen (secondary N) is 1. The molecular formula is C16H20BrNO3. The quantitative estimate of drug-likeness (QED) is 0.738. The molecule has 0 bridgehead atoms. The molecule has 0 spiro atoms. The molecule has 0 aliphatic heterocycles. The molecule has 1 amide bonds. The Morgan fingerprint density at radius 3 is 2.43 bits per heavy atom. The Kier molecular flexibility index (Phi) is 7.15. The van der Waals surface area contributed by atoms with Crippen LogP contribution < -0.4 is 5.32 Å². The molecule has 0 fully saturated rings. The highest BCUT2D eigenvalue weighted by atomic mass is 79.9. The standard InChI is InChI=1S/C16H20BrNO3/c1-11(2)9-13(16(20)21)10-18-15(19)8-5-12-3-6-14(17)7-4-12/h3-8,11,13H,9-10H2,1-2H3,(H,18,19)(H,20,21)/b8-5+. The fourth-order valence-electron chi connectivity index (χ4n) is 1.87. The number of carboxylic acids is 1. The summed E-state index contributed by atoms with van der Waals surface area (Å²) in [5.41, 5.74) is 0.908. The van der Waals surface area contributed by atoms with E-state index in [1.54, 1.807) is 6.08 Å². The maximum absolute atomic E-state index is 11.7. The second kappa shape index (κ2) is 8.62. The van der Waals surface area contributed by atoms with Crippen molar-refractivity contribution in [2.75, 3.05) is 6.54 Å². The SMILES string of the molecule is CC(C)CC(CNC(=O)/C=C/c1ccc(Br)cc1)C(=O)O. The molecule has 5 heteroatoms. The molecule has 4 nitrogen and oxygen atoms in total. The third kappa shape index (κ3) is 7.09. The first-order valence-corrected chi connectivity index (χ1v) is 7.62. The lowest BCUT2D eigenvalue weighted by Gasteiger charge is -2.14. The van der Waals surface area contributed by atoms with E-state index in [1.807, 2.05) is 38.1 Å². The van der Waals surface area contributed by atoms with Gasteiger partial charge in [-0.1, -0.05) is 41.9 Å². The number of amides is 1. The van der Waals surface area contributed by atoms with Gasteiger partial charge < -0.3 is 10.4 Å².